The predicted octanol–water partition coefficient (Wildman–Crippen LogP) is 1.97. The minimum atomic E-state index is -0.695. The van der Waals surface area contributed by atoms with Crippen LogP contribution in [0.5, 0.6) is 11.5 Å². The van der Waals surface area contributed by atoms with Crippen LogP contribution in [0, 0.1) is 5.82 Å². The first-order valence-electron chi connectivity index (χ1n) is 8.26. The van der Waals surface area contributed by atoms with Crippen LogP contribution in [0.1, 0.15) is 0 Å². The molecule has 0 unspecified atom stereocenters. The molecule has 1 aliphatic rings. The van der Waals surface area contributed by atoms with Gasteiger partial charge in [0.25, 0.3) is 0 Å². The van der Waals surface area contributed by atoms with E-state index in [0.717, 1.165) is 11.8 Å². The van der Waals surface area contributed by atoms with E-state index in [-0.39, 0.29) is 17.7 Å². The molecule has 3 aromatic rings. The van der Waals surface area contributed by atoms with Gasteiger partial charge in [0.05, 0.1) is 11.4 Å². The largest absolute Gasteiger partial charge is 0.454 e. The summed E-state index contributed by atoms with van der Waals surface area (Å²) >= 11 is 1.00. The summed E-state index contributed by atoms with van der Waals surface area (Å²) in [6, 6.07) is 9.89. The summed E-state index contributed by atoms with van der Waals surface area (Å²) in [7, 11) is 0. The van der Waals surface area contributed by atoms with Crippen molar-refractivity contribution >= 4 is 29.4 Å². The first kappa shape index (κ1) is 18.7. The maximum Gasteiger partial charge on any atom is 0.325 e. The number of thioether (sulfide) groups is 1. The molecule has 0 bridgehead atoms. The third-order valence-electron chi connectivity index (χ3n) is 3.71. The van der Waals surface area contributed by atoms with Crippen LogP contribution in [-0.2, 0) is 4.79 Å². The van der Waals surface area contributed by atoms with Gasteiger partial charge >= 0.3 is 6.03 Å². The van der Waals surface area contributed by atoms with Crippen LogP contribution >= 0.6 is 11.8 Å². The second-order valence-corrected chi connectivity index (χ2v) is 6.65. The number of carbonyl (C=O) groups excluding carboxylic acids is 2. The number of anilines is 1. The molecule has 0 atom stereocenters. The van der Waals surface area contributed by atoms with Gasteiger partial charge in [-0.25, -0.2) is 9.18 Å². The number of nitrogens with zero attached hydrogens (tertiary/aromatic N) is 4. The van der Waals surface area contributed by atoms with Gasteiger partial charge in [-0.1, -0.05) is 17.8 Å². The van der Waals surface area contributed by atoms with E-state index in [1.165, 1.54) is 22.9 Å². The smallest absolute Gasteiger partial charge is 0.325 e. The molecule has 0 saturated heterocycles. The van der Waals surface area contributed by atoms with E-state index in [2.05, 4.69) is 26.2 Å². The van der Waals surface area contributed by atoms with Gasteiger partial charge in [0.15, 0.2) is 11.5 Å². The molecule has 12 heteroatoms. The number of hydrogen-bond donors (Lipinski definition) is 2. The fourth-order valence-corrected chi connectivity index (χ4v) is 3.16. The van der Waals surface area contributed by atoms with E-state index in [1.54, 1.807) is 24.3 Å². The Morgan fingerprint density at radius 3 is 2.90 bits per heavy atom. The van der Waals surface area contributed by atoms with Gasteiger partial charge in [-0.15, -0.1) is 5.10 Å². The van der Waals surface area contributed by atoms with Gasteiger partial charge < -0.3 is 14.8 Å². The lowest BCUT2D eigenvalue weighted by molar-refractivity contribution is -0.117. The number of imide groups is 1. The van der Waals surface area contributed by atoms with Crippen molar-refractivity contribution in [3.05, 3.63) is 48.3 Å². The zero-order valence-corrected chi connectivity index (χ0v) is 15.5. The average molecular weight is 416 g/mol. The second kappa shape index (κ2) is 8.14. The quantitative estimate of drug-likeness (QED) is 0.606. The molecule has 0 saturated carbocycles. The molecular weight excluding hydrogens is 403 g/mol. The van der Waals surface area contributed by atoms with Crippen molar-refractivity contribution in [1.82, 2.24) is 25.5 Å². The minimum absolute atomic E-state index is 0.121. The van der Waals surface area contributed by atoms with Gasteiger partial charge in [-0.05, 0) is 40.8 Å². The van der Waals surface area contributed by atoms with Crippen molar-refractivity contribution in [2.45, 2.75) is 5.16 Å². The maximum absolute atomic E-state index is 13.4. The lowest BCUT2D eigenvalue weighted by Gasteiger charge is -2.07. The van der Waals surface area contributed by atoms with Crippen molar-refractivity contribution in [3.8, 4) is 17.2 Å². The Labute approximate surface area is 167 Å². The summed E-state index contributed by atoms with van der Waals surface area (Å²) < 4.78 is 25.1. The van der Waals surface area contributed by atoms with Crippen molar-refractivity contribution in [2.24, 2.45) is 0 Å². The zero-order valence-electron chi connectivity index (χ0n) is 14.7. The lowest BCUT2D eigenvalue weighted by atomic mass is 10.3. The van der Waals surface area contributed by atoms with E-state index < -0.39 is 17.8 Å². The Hall–Kier alpha value is -3.67. The van der Waals surface area contributed by atoms with Gasteiger partial charge in [-0.3, -0.25) is 10.1 Å². The Balaban J connectivity index is 1.31. The maximum atomic E-state index is 13.4. The highest BCUT2D eigenvalue weighted by Crippen LogP contribution is 2.34. The summed E-state index contributed by atoms with van der Waals surface area (Å²) in [6.07, 6.45) is 0. The third-order valence-corrected chi connectivity index (χ3v) is 4.63. The van der Waals surface area contributed by atoms with Gasteiger partial charge in [0, 0.05) is 11.8 Å². The monoisotopic (exact) mass is 416 g/mol. The Bertz CT molecular complexity index is 1080. The molecule has 0 spiro atoms. The predicted molar refractivity (Wildman–Crippen MR) is 99.6 cm³/mol. The normalized spacial score (nSPS) is 11.9. The molecule has 1 aliphatic heterocycles. The number of urea groups is 1. The van der Waals surface area contributed by atoms with Crippen LogP contribution in [0.4, 0.5) is 14.9 Å². The molecule has 2 heterocycles. The zero-order chi connectivity index (χ0) is 20.2. The Morgan fingerprint density at radius 1 is 1.17 bits per heavy atom. The molecule has 0 fully saturated rings. The average Bonchev–Trinajstić information content (AvgIpc) is 3.35. The number of rotatable bonds is 5. The number of fused-ring (bicyclic) bond motifs is 1. The summed E-state index contributed by atoms with van der Waals surface area (Å²) in [5.41, 5.74) is 0.862. The number of ether oxygens (including phenoxy) is 2. The first-order valence-corrected chi connectivity index (χ1v) is 9.25. The molecular formula is C17H13FN6O4S. The van der Waals surface area contributed by atoms with Crippen molar-refractivity contribution in [3.63, 3.8) is 0 Å². The van der Waals surface area contributed by atoms with Gasteiger partial charge in [0.2, 0.25) is 17.9 Å². The first-order chi connectivity index (χ1) is 14.1. The van der Waals surface area contributed by atoms with E-state index in [4.69, 9.17) is 9.47 Å². The van der Waals surface area contributed by atoms with E-state index >= 15 is 0 Å². The van der Waals surface area contributed by atoms with Crippen molar-refractivity contribution in [1.29, 1.82) is 0 Å². The number of tetrazole rings is 1. The summed E-state index contributed by atoms with van der Waals surface area (Å²) in [5.74, 6) is -0.0215. The highest BCUT2D eigenvalue weighted by atomic mass is 32.2. The third kappa shape index (κ3) is 4.43. The number of halogens is 1. The number of nitrogens with one attached hydrogen (secondary N) is 2. The molecule has 0 aliphatic carbocycles. The SMILES string of the molecule is O=C(CSc1nnnn1-c1cccc(F)c1)NC(=O)Nc1ccc2c(c1)OCO2. The van der Waals surface area contributed by atoms with Crippen LogP contribution in [-0.4, -0.2) is 44.7 Å². The summed E-state index contributed by atoms with van der Waals surface area (Å²) in [4.78, 5) is 24.1. The van der Waals surface area contributed by atoms with Crippen LogP contribution in [0.2, 0.25) is 0 Å². The summed E-state index contributed by atoms with van der Waals surface area (Å²) in [6.45, 7) is 0.121. The van der Waals surface area contributed by atoms with Crippen molar-refractivity contribution in [2.75, 3.05) is 17.9 Å². The molecule has 29 heavy (non-hydrogen) atoms. The molecule has 10 nitrogen and oxygen atoms in total. The second-order valence-electron chi connectivity index (χ2n) is 5.71. The Kier molecular flexibility index (Phi) is 5.24. The topological polar surface area (TPSA) is 120 Å². The number of carbonyl (C=O) groups is 2. The Morgan fingerprint density at radius 2 is 2.03 bits per heavy atom. The van der Waals surface area contributed by atoms with Crippen LogP contribution in [0.3, 0.4) is 0 Å². The molecule has 148 valence electrons. The van der Waals surface area contributed by atoms with Crippen LogP contribution in [0.15, 0.2) is 47.6 Å². The lowest BCUT2D eigenvalue weighted by Crippen LogP contribution is -2.35. The molecule has 4 rings (SSSR count). The molecule has 2 aromatic carbocycles. The molecule has 1 aromatic heterocycles. The minimum Gasteiger partial charge on any atom is -0.454 e. The molecule has 2 N–H and O–H groups in total. The van der Waals surface area contributed by atoms with E-state index in [1.807, 2.05) is 0 Å². The molecule has 0 radical (unpaired) electrons. The number of hydrogen-bond acceptors (Lipinski definition) is 8. The standard InChI is InChI=1S/C17H13FN6O4S/c18-10-2-1-3-12(6-10)24-17(21-22-23-24)29-8-15(25)20-16(26)19-11-4-5-13-14(7-11)28-9-27-13/h1-7H,8-9H2,(H2,19,20,25,26). The number of amides is 3. The fourth-order valence-electron chi connectivity index (χ4n) is 2.47. The fraction of sp³-hybridized carbons (Fsp3) is 0.118. The van der Waals surface area contributed by atoms with Gasteiger partial charge in [0.1, 0.15) is 5.82 Å². The van der Waals surface area contributed by atoms with Crippen molar-refractivity contribution < 1.29 is 23.5 Å². The van der Waals surface area contributed by atoms with Crippen LogP contribution in [0.25, 0.3) is 5.69 Å². The van der Waals surface area contributed by atoms with Crippen LogP contribution < -0.4 is 20.1 Å². The summed E-state index contributed by atoms with van der Waals surface area (Å²) in [5, 5.41) is 16.2. The highest BCUT2D eigenvalue weighted by molar-refractivity contribution is 7.99. The van der Waals surface area contributed by atoms with E-state index in [9.17, 15) is 14.0 Å². The van der Waals surface area contributed by atoms with E-state index in [0.29, 0.717) is 22.9 Å². The number of benzene rings is 2. The number of aromatic nitrogens is 4. The highest BCUT2D eigenvalue weighted by Gasteiger charge is 2.16. The van der Waals surface area contributed by atoms with Gasteiger partial charge in [-0.2, -0.15) is 4.68 Å². The molecule has 3 amide bonds.